The number of rotatable bonds is 15. The summed E-state index contributed by atoms with van der Waals surface area (Å²) < 4.78 is 5.05. The van der Waals surface area contributed by atoms with Crippen molar-refractivity contribution in [2.75, 3.05) is 37.4 Å². The Morgan fingerprint density at radius 3 is 2.04 bits per heavy atom. The number of unbranched alkanes of at least 4 members (excludes halogenated alkanes) is 1. The lowest BCUT2D eigenvalue weighted by Crippen LogP contribution is -2.21. The summed E-state index contributed by atoms with van der Waals surface area (Å²) in [6, 6.07) is 0. The maximum atomic E-state index is 11.6. The van der Waals surface area contributed by atoms with Crippen LogP contribution in [0.25, 0.3) is 0 Å². The van der Waals surface area contributed by atoms with Crippen molar-refractivity contribution in [1.82, 2.24) is 0 Å². The predicted molar refractivity (Wildman–Crippen MR) is 115 cm³/mol. The molecule has 0 aliphatic carbocycles. The third-order valence-corrected chi connectivity index (χ3v) is 8.44. The van der Waals surface area contributed by atoms with Crippen LogP contribution in [0, 0.1) is 0 Å². The van der Waals surface area contributed by atoms with Crippen LogP contribution in [0.2, 0.25) is 0 Å². The van der Waals surface area contributed by atoms with Gasteiger partial charge in [-0.1, -0.05) is 12.8 Å². The van der Waals surface area contributed by atoms with Gasteiger partial charge in [0.15, 0.2) is 0 Å². The van der Waals surface area contributed by atoms with E-state index in [-0.39, 0.29) is 5.97 Å². The molecule has 3 unspecified atom stereocenters. The first-order valence-corrected chi connectivity index (χ1v) is 13.6. The van der Waals surface area contributed by atoms with Gasteiger partial charge in [-0.05, 0) is 51.2 Å². The molecule has 0 fully saturated rings. The molecule has 0 aromatic heterocycles. The van der Waals surface area contributed by atoms with Crippen LogP contribution in [0.3, 0.4) is 0 Å². The van der Waals surface area contributed by atoms with Gasteiger partial charge >= 0.3 is 5.97 Å². The van der Waals surface area contributed by atoms with Crippen molar-refractivity contribution >= 4 is 53.0 Å². The molecule has 0 aliphatic heterocycles. The minimum atomic E-state index is -0.0497. The summed E-state index contributed by atoms with van der Waals surface area (Å²) in [5, 5.41) is 2.00. The van der Waals surface area contributed by atoms with Gasteiger partial charge in [-0.2, -0.15) is 47.0 Å². The summed E-state index contributed by atoms with van der Waals surface area (Å²) >= 11 is 7.82. The van der Waals surface area contributed by atoms with Crippen molar-refractivity contribution in [2.45, 2.75) is 61.2 Å². The van der Waals surface area contributed by atoms with E-state index in [4.69, 9.17) is 4.74 Å². The second-order valence-corrected chi connectivity index (χ2v) is 9.69. The number of carbonyl (C=O) groups is 1. The second-order valence-electron chi connectivity index (χ2n) is 5.49. The van der Waals surface area contributed by atoms with E-state index < -0.39 is 0 Å². The fourth-order valence-electron chi connectivity index (χ4n) is 2.58. The Morgan fingerprint density at radius 2 is 1.52 bits per heavy atom. The van der Waals surface area contributed by atoms with Gasteiger partial charge in [0, 0.05) is 27.9 Å². The molecule has 3 atom stereocenters. The van der Waals surface area contributed by atoms with Gasteiger partial charge in [0.1, 0.15) is 0 Å². The number of hydrogen-bond acceptors (Lipinski definition) is 6. The summed E-state index contributed by atoms with van der Waals surface area (Å²) in [7, 11) is 0. The fraction of sp³-hybridized carbons (Fsp3) is 0.941. The number of ether oxygens (including phenoxy) is 1. The molecular weight excluding hydrogens is 364 g/mol. The zero-order valence-electron chi connectivity index (χ0n) is 15.3. The van der Waals surface area contributed by atoms with Crippen LogP contribution >= 0.6 is 47.0 Å². The quantitative estimate of drug-likeness (QED) is 0.269. The Labute approximate surface area is 160 Å². The standard InChI is InChI=1S/C17H34O2S4/c1-6-19-17(18)12-11-16(23-5)15(22-4)10-8-7-9-14(21-3)13-20-2/h14-16H,6-13H2,1-5H3. The molecule has 23 heavy (non-hydrogen) atoms. The topological polar surface area (TPSA) is 26.3 Å². The molecule has 2 nitrogen and oxygen atoms in total. The van der Waals surface area contributed by atoms with Gasteiger partial charge in [-0.25, -0.2) is 0 Å². The number of carbonyl (C=O) groups excluding carboxylic acids is 1. The SMILES string of the molecule is CCOC(=O)CCC(SC)C(CCCCC(CSC)SC)SC. The van der Waals surface area contributed by atoms with Gasteiger partial charge in [-0.15, -0.1) is 0 Å². The van der Waals surface area contributed by atoms with Crippen molar-refractivity contribution in [3.05, 3.63) is 0 Å². The molecule has 0 radical (unpaired) electrons. The molecule has 6 heteroatoms. The summed E-state index contributed by atoms with van der Waals surface area (Å²) in [4.78, 5) is 11.6. The van der Waals surface area contributed by atoms with E-state index in [9.17, 15) is 4.79 Å². The average molecular weight is 399 g/mol. The monoisotopic (exact) mass is 398 g/mol. The van der Waals surface area contributed by atoms with E-state index in [0.29, 0.717) is 23.5 Å². The van der Waals surface area contributed by atoms with Gasteiger partial charge in [-0.3, -0.25) is 4.79 Å². The highest BCUT2D eigenvalue weighted by molar-refractivity contribution is 8.03. The third kappa shape index (κ3) is 12.0. The van der Waals surface area contributed by atoms with E-state index in [1.807, 2.05) is 54.0 Å². The molecule has 0 bridgehead atoms. The highest BCUT2D eigenvalue weighted by Gasteiger charge is 2.21. The number of esters is 1. The van der Waals surface area contributed by atoms with E-state index >= 15 is 0 Å². The summed E-state index contributed by atoms with van der Waals surface area (Å²) in [5.41, 5.74) is 0. The molecule has 0 heterocycles. The van der Waals surface area contributed by atoms with Crippen LogP contribution in [0.4, 0.5) is 0 Å². The Hall–Kier alpha value is 0.870. The van der Waals surface area contributed by atoms with Crippen molar-refractivity contribution in [1.29, 1.82) is 0 Å². The lowest BCUT2D eigenvalue weighted by atomic mass is 10.1. The molecule has 0 aromatic rings. The van der Waals surface area contributed by atoms with Crippen molar-refractivity contribution in [3.8, 4) is 0 Å². The lowest BCUT2D eigenvalue weighted by molar-refractivity contribution is -0.143. The lowest BCUT2D eigenvalue weighted by Gasteiger charge is -2.24. The van der Waals surface area contributed by atoms with Crippen LogP contribution in [0.5, 0.6) is 0 Å². The Morgan fingerprint density at radius 1 is 0.913 bits per heavy atom. The van der Waals surface area contributed by atoms with E-state index in [1.165, 1.54) is 31.4 Å². The predicted octanol–water partition coefficient (Wildman–Crippen LogP) is 5.45. The van der Waals surface area contributed by atoms with Crippen LogP contribution in [-0.4, -0.2) is 59.1 Å². The third-order valence-electron chi connectivity index (χ3n) is 3.91. The van der Waals surface area contributed by atoms with Gasteiger partial charge in [0.05, 0.1) is 6.61 Å². The second kappa shape index (κ2) is 16.3. The molecule has 0 spiro atoms. The summed E-state index contributed by atoms with van der Waals surface area (Å²) in [6.07, 6.45) is 15.5. The molecule has 0 saturated carbocycles. The zero-order valence-corrected chi connectivity index (χ0v) is 18.6. The maximum Gasteiger partial charge on any atom is 0.305 e. The van der Waals surface area contributed by atoms with E-state index in [1.54, 1.807) is 0 Å². The zero-order chi connectivity index (χ0) is 17.5. The van der Waals surface area contributed by atoms with Gasteiger partial charge in [0.25, 0.3) is 0 Å². The molecule has 0 N–H and O–H groups in total. The molecule has 0 aromatic carbocycles. The maximum absolute atomic E-state index is 11.6. The van der Waals surface area contributed by atoms with Crippen LogP contribution in [0.1, 0.15) is 45.4 Å². The summed E-state index contributed by atoms with van der Waals surface area (Å²) in [5.74, 6) is 1.21. The van der Waals surface area contributed by atoms with Crippen molar-refractivity contribution in [2.24, 2.45) is 0 Å². The molecule has 138 valence electrons. The minimum absolute atomic E-state index is 0.0497. The molecule has 0 saturated heterocycles. The number of hydrogen-bond donors (Lipinski definition) is 0. The van der Waals surface area contributed by atoms with Gasteiger partial charge < -0.3 is 4.74 Å². The first-order valence-electron chi connectivity index (χ1n) is 8.35. The highest BCUT2D eigenvalue weighted by Crippen LogP contribution is 2.30. The van der Waals surface area contributed by atoms with Crippen LogP contribution in [-0.2, 0) is 9.53 Å². The molecule has 0 amide bonds. The van der Waals surface area contributed by atoms with E-state index in [2.05, 4.69) is 25.0 Å². The first kappa shape index (κ1) is 23.9. The Balaban J connectivity index is 4.10. The Bertz CT molecular complexity index is 290. The smallest absolute Gasteiger partial charge is 0.305 e. The summed E-state index contributed by atoms with van der Waals surface area (Å²) in [6.45, 7) is 2.36. The van der Waals surface area contributed by atoms with E-state index in [0.717, 1.165) is 11.7 Å². The largest absolute Gasteiger partial charge is 0.466 e. The molecule has 0 aliphatic rings. The highest BCUT2D eigenvalue weighted by atomic mass is 32.2. The van der Waals surface area contributed by atoms with Crippen molar-refractivity contribution < 1.29 is 9.53 Å². The average Bonchev–Trinajstić information content (AvgIpc) is 2.56. The number of thioether (sulfide) groups is 4. The van der Waals surface area contributed by atoms with Crippen molar-refractivity contribution in [3.63, 3.8) is 0 Å². The van der Waals surface area contributed by atoms with Crippen LogP contribution < -0.4 is 0 Å². The molecule has 0 rings (SSSR count). The fourth-order valence-corrected chi connectivity index (χ4v) is 6.77. The molecular formula is C17H34O2S4. The van der Waals surface area contributed by atoms with Gasteiger partial charge in [0.2, 0.25) is 0 Å². The normalized spacial score (nSPS) is 15.2. The first-order chi connectivity index (χ1) is 11.1. The Kier molecular flexibility index (Phi) is 17.0. The van der Waals surface area contributed by atoms with Crippen LogP contribution in [0.15, 0.2) is 0 Å². The minimum Gasteiger partial charge on any atom is -0.466 e.